The normalized spacial score (nSPS) is 33.4. The molecule has 0 aromatic heterocycles. The molecule has 2 atom stereocenters. The highest BCUT2D eigenvalue weighted by atomic mass is 32.1. The Morgan fingerprint density at radius 3 is 3.00 bits per heavy atom. The number of hydrogen-bond donors (Lipinski definition) is 1. The first-order valence-electron chi connectivity index (χ1n) is 5.04. The van der Waals surface area contributed by atoms with E-state index in [1.165, 1.54) is 0 Å². The van der Waals surface area contributed by atoms with Crippen molar-refractivity contribution in [3.8, 4) is 0 Å². The van der Waals surface area contributed by atoms with Crippen LogP contribution in [0.25, 0.3) is 0 Å². The van der Waals surface area contributed by atoms with Crippen molar-refractivity contribution in [1.29, 1.82) is 0 Å². The molecule has 0 bridgehead atoms. The molecule has 4 nitrogen and oxygen atoms in total. The lowest BCUT2D eigenvalue weighted by Gasteiger charge is -2.26. The van der Waals surface area contributed by atoms with Crippen LogP contribution in [-0.4, -0.2) is 54.9 Å². The molecule has 1 radical (unpaired) electrons. The third kappa shape index (κ3) is 2.21. The van der Waals surface area contributed by atoms with Crippen molar-refractivity contribution < 1.29 is 9.53 Å². The van der Waals surface area contributed by atoms with E-state index in [0.29, 0.717) is 19.7 Å². The van der Waals surface area contributed by atoms with E-state index >= 15 is 0 Å². The lowest BCUT2D eigenvalue weighted by atomic mass is 10.2. The molecule has 2 unspecified atom stereocenters. The Kier molecular flexibility index (Phi) is 3.30. The van der Waals surface area contributed by atoms with Crippen molar-refractivity contribution in [2.24, 2.45) is 0 Å². The summed E-state index contributed by atoms with van der Waals surface area (Å²) in [6.45, 7) is 3.62. The molecule has 5 heteroatoms. The lowest BCUT2D eigenvalue weighted by molar-refractivity contribution is -0.144. The van der Waals surface area contributed by atoms with Gasteiger partial charge in [-0.25, -0.2) is 0 Å². The SMILES string of the molecule is O=C(C1CNCCO1)N1CCC([S])C1. The lowest BCUT2D eigenvalue weighted by Crippen LogP contribution is -2.48. The zero-order chi connectivity index (χ0) is 9.97. The second-order valence-electron chi connectivity index (χ2n) is 3.76. The topological polar surface area (TPSA) is 41.6 Å². The number of amides is 1. The number of nitrogens with zero attached hydrogens (tertiary/aromatic N) is 1. The summed E-state index contributed by atoms with van der Waals surface area (Å²) in [6.07, 6.45) is 0.658. The Bertz CT molecular complexity index is 212. The molecule has 0 spiro atoms. The largest absolute Gasteiger partial charge is 0.366 e. The van der Waals surface area contributed by atoms with Gasteiger partial charge < -0.3 is 15.0 Å². The van der Waals surface area contributed by atoms with E-state index in [0.717, 1.165) is 19.5 Å². The molecule has 2 heterocycles. The number of hydrogen-bond acceptors (Lipinski definition) is 3. The van der Waals surface area contributed by atoms with E-state index in [-0.39, 0.29) is 17.3 Å². The fourth-order valence-electron chi connectivity index (χ4n) is 1.86. The summed E-state index contributed by atoms with van der Waals surface area (Å²) in [5, 5.41) is 3.38. The number of ether oxygens (including phenoxy) is 1. The van der Waals surface area contributed by atoms with Gasteiger partial charge in [0.25, 0.3) is 5.91 Å². The van der Waals surface area contributed by atoms with E-state index in [2.05, 4.69) is 5.32 Å². The third-order valence-corrected chi connectivity index (χ3v) is 3.04. The fraction of sp³-hybridized carbons (Fsp3) is 0.889. The Morgan fingerprint density at radius 1 is 1.57 bits per heavy atom. The molecule has 2 aliphatic heterocycles. The van der Waals surface area contributed by atoms with Crippen molar-refractivity contribution in [3.63, 3.8) is 0 Å². The first-order valence-corrected chi connectivity index (χ1v) is 5.51. The van der Waals surface area contributed by atoms with Crippen molar-refractivity contribution in [1.82, 2.24) is 10.2 Å². The van der Waals surface area contributed by atoms with Crippen molar-refractivity contribution in [2.75, 3.05) is 32.8 Å². The zero-order valence-corrected chi connectivity index (χ0v) is 8.89. The molecule has 2 fully saturated rings. The van der Waals surface area contributed by atoms with Gasteiger partial charge in [-0.1, -0.05) is 12.6 Å². The van der Waals surface area contributed by atoms with Crippen LogP contribution in [0, 0.1) is 0 Å². The number of carbonyl (C=O) groups is 1. The van der Waals surface area contributed by atoms with Crippen molar-refractivity contribution in [2.45, 2.75) is 17.8 Å². The van der Waals surface area contributed by atoms with E-state index < -0.39 is 0 Å². The molecule has 0 aromatic carbocycles. The van der Waals surface area contributed by atoms with Crippen LogP contribution in [0.1, 0.15) is 6.42 Å². The molecule has 0 aliphatic carbocycles. The Hall–Kier alpha value is -0.260. The maximum absolute atomic E-state index is 11.9. The Labute approximate surface area is 89.4 Å². The third-order valence-electron chi connectivity index (χ3n) is 2.66. The minimum atomic E-state index is -0.288. The van der Waals surface area contributed by atoms with Crippen LogP contribution < -0.4 is 5.32 Å². The summed E-state index contributed by atoms with van der Waals surface area (Å²) >= 11 is 5.15. The fourth-order valence-corrected chi connectivity index (χ4v) is 2.14. The molecule has 1 N–H and O–H groups in total. The maximum atomic E-state index is 11.9. The molecule has 1 amide bonds. The average molecular weight is 215 g/mol. The highest BCUT2D eigenvalue weighted by Crippen LogP contribution is 2.16. The molecule has 2 aliphatic rings. The average Bonchev–Trinajstić information content (AvgIpc) is 2.65. The first-order chi connectivity index (χ1) is 6.77. The zero-order valence-electron chi connectivity index (χ0n) is 8.07. The van der Waals surface area contributed by atoms with Crippen LogP contribution in [0.4, 0.5) is 0 Å². The summed E-state index contributed by atoms with van der Waals surface area (Å²) < 4.78 is 5.40. The van der Waals surface area contributed by atoms with Crippen molar-refractivity contribution >= 4 is 18.5 Å². The first kappa shape index (κ1) is 10.3. The number of nitrogens with one attached hydrogen (secondary N) is 1. The van der Waals surface area contributed by atoms with E-state index in [1.807, 2.05) is 4.90 Å². The Morgan fingerprint density at radius 2 is 2.43 bits per heavy atom. The standard InChI is InChI=1S/C9H15N2O2S/c12-9(8-5-10-2-4-13-8)11-3-1-7(14)6-11/h7-8,10H,1-6H2. The van der Waals surface area contributed by atoms with Gasteiger partial charge >= 0.3 is 0 Å². The second-order valence-corrected chi connectivity index (χ2v) is 4.43. The molecule has 2 rings (SSSR count). The Balaban J connectivity index is 1.87. The highest BCUT2D eigenvalue weighted by molar-refractivity contribution is 7.81. The van der Waals surface area contributed by atoms with Gasteiger partial charge in [0.15, 0.2) is 0 Å². The summed E-state index contributed by atoms with van der Waals surface area (Å²) in [5.74, 6) is 0.101. The number of morpholine rings is 1. The van der Waals surface area contributed by atoms with E-state index in [1.54, 1.807) is 0 Å². The monoisotopic (exact) mass is 215 g/mol. The molecule has 0 aromatic rings. The molecule has 79 valence electrons. The van der Waals surface area contributed by atoms with Crippen molar-refractivity contribution in [3.05, 3.63) is 0 Å². The van der Waals surface area contributed by atoms with Crippen LogP contribution >= 0.6 is 12.6 Å². The number of likely N-dealkylation sites (tertiary alicyclic amines) is 1. The van der Waals surface area contributed by atoms with Gasteiger partial charge in [-0.2, -0.15) is 0 Å². The predicted octanol–water partition coefficient (Wildman–Crippen LogP) is -0.227. The highest BCUT2D eigenvalue weighted by Gasteiger charge is 2.31. The summed E-state index contributed by atoms with van der Waals surface area (Å²) in [7, 11) is 0. The summed E-state index contributed by atoms with van der Waals surface area (Å²) in [5.41, 5.74) is 0. The molecule has 14 heavy (non-hydrogen) atoms. The minimum Gasteiger partial charge on any atom is -0.366 e. The quantitative estimate of drug-likeness (QED) is 0.657. The van der Waals surface area contributed by atoms with E-state index in [9.17, 15) is 4.79 Å². The maximum Gasteiger partial charge on any atom is 0.253 e. The molecular weight excluding hydrogens is 200 g/mol. The van der Waals surface area contributed by atoms with Crippen LogP contribution in [0.5, 0.6) is 0 Å². The van der Waals surface area contributed by atoms with Crippen LogP contribution in [-0.2, 0) is 9.53 Å². The molecule has 0 saturated carbocycles. The van der Waals surface area contributed by atoms with Gasteiger partial charge in [0.2, 0.25) is 0 Å². The van der Waals surface area contributed by atoms with Gasteiger partial charge in [0, 0.05) is 31.4 Å². The number of rotatable bonds is 1. The molecular formula is C9H15N2O2S. The van der Waals surface area contributed by atoms with Gasteiger partial charge in [0.05, 0.1) is 6.61 Å². The second kappa shape index (κ2) is 4.51. The van der Waals surface area contributed by atoms with E-state index in [4.69, 9.17) is 17.4 Å². The van der Waals surface area contributed by atoms with Crippen LogP contribution in [0.15, 0.2) is 0 Å². The smallest absolute Gasteiger partial charge is 0.253 e. The summed E-state index contributed by atoms with van der Waals surface area (Å²) in [4.78, 5) is 13.7. The predicted molar refractivity (Wildman–Crippen MR) is 55.2 cm³/mol. The van der Waals surface area contributed by atoms with Gasteiger partial charge in [-0.15, -0.1) is 0 Å². The summed E-state index contributed by atoms with van der Waals surface area (Å²) in [6, 6.07) is 0. The van der Waals surface area contributed by atoms with Gasteiger partial charge in [-0.05, 0) is 6.42 Å². The number of carbonyl (C=O) groups excluding carboxylic acids is 1. The van der Waals surface area contributed by atoms with Gasteiger partial charge in [0.1, 0.15) is 6.10 Å². The van der Waals surface area contributed by atoms with Crippen LogP contribution in [0.3, 0.4) is 0 Å². The van der Waals surface area contributed by atoms with Gasteiger partial charge in [-0.3, -0.25) is 4.79 Å². The molecule has 2 saturated heterocycles. The van der Waals surface area contributed by atoms with Crippen LogP contribution in [0.2, 0.25) is 0 Å². The minimum absolute atomic E-state index is 0.101.